The number of nitrogens with one attached hydrogen (secondary N) is 1. The fraction of sp³-hybridized carbons (Fsp3) is 0.200. The second kappa shape index (κ2) is 6.04. The highest BCUT2D eigenvalue weighted by atomic mass is 35.5. The molecule has 0 aliphatic heterocycles. The molecule has 0 unspecified atom stereocenters. The van der Waals surface area contributed by atoms with Gasteiger partial charge in [-0.15, -0.1) is 0 Å². The SMILES string of the molecule is Cc1nn(CC(=O)Nc2ccc(Cl)cc2F)c(=O)c2noc(C)c12. The highest BCUT2D eigenvalue weighted by Crippen LogP contribution is 2.19. The summed E-state index contributed by atoms with van der Waals surface area (Å²) >= 11 is 5.65. The molecule has 0 spiro atoms. The second-order valence-electron chi connectivity index (χ2n) is 5.18. The molecule has 0 bridgehead atoms. The van der Waals surface area contributed by atoms with Crippen molar-refractivity contribution in [3.05, 3.63) is 50.8 Å². The van der Waals surface area contributed by atoms with Crippen LogP contribution in [0.3, 0.4) is 0 Å². The van der Waals surface area contributed by atoms with E-state index >= 15 is 0 Å². The number of rotatable bonds is 3. The lowest BCUT2D eigenvalue weighted by Crippen LogP contribution is -2.30. The van der Waals surface area contributed by atoms with E-state index in [4.69, 9.17) is 16.1 Å². The van der Waals surface area contributed by atoms with Gasteiger partial charge in [-0.05, 0) is 32.0 Å². The Balaban J connectivity index is 1.88. The molecule has 2 aromatic heterocycles. The zero-order chi connectivity index (χ0) is 17.4. The zero-order valence-electron chi connectivity index (χ0n) is 12.8. The number of nitrogens with zero attached hydrogens (tertiary/aromatic N) is 3. The van der Waals surface area contributed by atoms with E-state index in [1.165, 1.54) is 12.1 Å². The topological polar surface area (TPSA) is 90.0 Å². The average Bonchev–Trinajstić information content (AvgIpc) is 2.90. The summed E-state index contributed by atoms with van der Waals surface area (Å²) in [4.78, 5) is 24.4. The van der Waals surface area contributed by atoms with Gasteiger partial charge in [-0.2, -0.15) is 5.10 Å². The summed E-state index contributed by atoms with van der Waals surface area (Å²) in [6.45, 7) is 2.96. The van der Waals surface area contributed by atoms with Crippen LogP contribution in [0.15, 0.2) is 27.5 Å². The summed E-state index contributed by atoms with van der Waals surface area (Å²) < 4.78 is 19.7. The Bertz CT molecular complexity index is 1010. The molecule has 1 aromatic carbocycles. The first-order valence-corrected chi connectivity index (χ1v) is 7.33. The lowest BCUT2D eigenvalue weighted by molar-refractivity contribution is -0.117. The molecular formula is C15H12ClFN4O3. The van der Waals surface area contributed by atoms with E-state index < -0.39 is 17.3 Å². The van der Waals surface area contributed by atoms with Gasteiger partial charge in [-0.25, -0.2) is 9.07 Å². The average molecular weight is 351 g/mol. The summed E-state index contributed by atoms with van der Waals surface area (Å²) in [5.74, 6) is -0.799. The molecule has 24 heavy (non-hydrogen) atoms. The number of carbonyl (C=O) groups is 1. The van der Waals surface area contributed by atoms with Gasteiger partial charge in [-0.1, -0.05) is 16.8 Å². The second-order valence-corrected chi connectivity index (χ2v) is 5.62. The Hall–Kier alpha value is -2.74. The number of aromatic nitrogens is 3. The number of benzene rings is 1. The van der Waals surface area contributed by atoms with Gasteiger partial charge >= 0.3 is 0 Å². The summed E-state index contributed by atoms with van der Waals surface area (Å²) in [6, 6.07) is 3.86. The first kappa shape index (κ1) is 16.1. The molecule has 7 nitrogen and oxygen atoms in total. The third-order valence-electron chi connectivity index (χ3n) is 3.43. The molecular weight excluding hydrogens is 339 g/mol. The van der Waals surface area contributed by atoms with Crippen molar-refractivity contribution in [3.8, 4) is 0 Å². The number of amides is 1. The number of fused-ring (bicyclic) bond motifs is 1. The highest BCUT2D eigenvalue weighted by Gasteiger charge is 2.17. The van der Waals surface area contributed by atoms with Crippen LogP contribution in [0.5, 0.6) is 0 Å². The van der Waals surface area contributed by atoms with Crippen LogP contribution in [-0.2, 0) is 11.3 Å². The zero-order valence-corrected chi connectivity index (χ0v) is 13.5. The third kappa shape index (κ3) is 2.88. The van der Waals surface area contributed by atoms with E-state index in [2.05, 4.69) is 15.6 Å². The van der Waals surface area contributed by atoms with Crippen molar-refractivity contribution >= 4 is 34.1 Å². The lowest BCUT2D eigenvalue weighted by atomic mass is 10.2. The molecule has 3 rings (SSSR count). The minimum absolute atomic E-state index is 0.0347. The molecule has 0 atom stereocenters. The molecule has 0 saturated heterocycles. The fourth-order valence-corrected chi connectivity index (χ4v) is 2.53. The molecule has 0 aliphatic carbocycles. The van der Waals surface area contributed by atoms with E-state index in [1.54, 1.807) is 13.8 Å². The standard InChI is InChI=1S/C15H12ClFN4O3/c1-7-13-8(2)24-20-14(13)15(23)21(19-7)6-12(22)18-11-4-3-9(16)5-10(11)17/h3-5H,6H2,1-2H3,(H,18,22). The van der Waals surface area contributed by atoms with Gasteiger partial charge < -0.3 is 9.84 Å². The highest BCUT2D eigenvalue weighted by molar-refractivity contribution is 6.30. The van der Waals surface area contributed by atoms with Gasteiger partial charge in [-0.3, -0.25) is 9.59 Å². The van der Waals surface area contributed by atoms with Gasteiger partial charge in [0, 0.05) is 5.02 Å². The maximum Gasteiger partial charge on any atom is 0.297 e. The first-order valence-electron chi connectivity index (χ1n) is 6.95. The fourth-order valence-electron chi connectivity index (χ4n) is 2.37. The summed E-state index contributed by atoms with van der Waals surface area (Å²) in [7, 11) is 0. The Morgan fingerprint density at radius 2 is 2.17 bits per heavy atom. The van der Waals surface area contributed by atoms with E-state index in [9.17, 15) is 14.0 Å². The Kier molecular flexibility index (Phi) is 4.06. The van der Waals surface area contributed by atoms with E-state index in [0.717, 1.165) is 10.7 Å². The lowest BCUT2D eigenvalue weighted by Gasteiger charge is -2.08. The number of carbonyl (C=O) groups excluding carboxylic acids is 1. The molecule has 3 aromatic rings. The minimum atomic E-state index is -0.671. The van der Waals surface area contributed by atoms with Crippen molar-refractivity contribution in [3.63, 3.8) is 0 Å². The van der Waals surface area contributed by atoms with Crippen molar-refractivity contribution in [1.82, 2.24) is 14.9 Å². The summed E-state index contributed by atoms with van der Waals surface area (Å²) in [5, 5.41) is 10.9. The largest absolute Gasteiger partial charge is 0.360 e. The summed E-state index contributed by atoms with van der Waals surface area (Å²) in [5.41, 5.74) is 0.0194. The van der Waals surface area contributed by atoms with Gasteiger partial charge in [0.25, 0.3) is 5.56 Å². The molecule has 124 valence electrons. The molecule has 0 radical (unpaired) electrons. The molecule has 0 fully saturated rings. The minimum Gasteiger partial charge on any atom is -0.360 e. The van der Waals surface area contributed by atoms with Crippen molar-refractivity contribution in [2.45, 2.75) is 20.4 Å². The quantitative estimate of drug-likeness (QED) is 0.783. The van der Waals surface area contributed by atoms with E-state index in [0.29, 0.717) is 16.8 Å². The monoisotopic (exact) mass is 350 g/mol. The smallest absolute Gasteiger partial charge is 0.297 e. The predicted octanol–water partition coefficient (Wildman–Crippen LogP) is 2.43. The van der Waals surface area contributed by atoms with Crippen LogP contribution in [-0.4, -0.2) is 20.8 Å². The normalized spacial score (nSPS) is 11.0. The predicted molar refractivity (Wildman–Crippen MR) is 85.6 cm³/mol. The third-order valence-corrected chi connectivity index (χ3v) is 3.67. The van der Waals surface area contributed by atoms with Crippen molar-refractivity contribution < 1.29 is 13.7 Å². The Morgan fingerprint density at radius 1 is 1.42 bits per heavy atom. The van der Waals surface area contributed by atoms with Gasteiger partial charge in [0.15, 0.2) is 5.52 Å². The molecule has 0 saturated carbocycles. The molecule has 2 heterocycles. The van der Waals surface area contributed by atoms with Gasteiger partial charge in [0.05, 0.1) is 16.8 Å². The van der Waals surface area contributed by atoms with E-state index in [1.807, 2.05) is 0 Å². The van der Waals surface area contributed by atoms with Crippen LogP contribution in [0.25, 0.3) is 10.9 Å². The first-order chi connectivity index (χ1) is 11.4. The maximum atomic E-state index is 13.7. The van der Waals surface area contributed by atoms with Crippen molar-refractivity contribution in [2.75, 3.05) is 5.32 Å². The molecule has 1 N–H and O–H groups in total. The number of halogens is 2. The van der Waals surface area contributed by atoms with Crippen LogP contribution in [0.1, 0.15) is 11.5 Å². The van der Waals surface area contributed by atoms with Gasteiger partial charge in [0.1, 0.15) is 18.1 Å². The van der Waals surface area contributed by atoms with Crippen LogP contribution < -0.4 is 10.9 Å². The Morgan fingerprint density at radius 3 is 2.88 bits per heavy atom. The van der Waals surface area contributed by atoms with Crippen LogP contribution in [0.4, 0.5) is 10.1 Å². The number of hydrogen-bond acceptors (Lipinski definition) is 5. The molecule has 0 aliphatic rings. The summed E-state index contributed by atoms with van der Waals surface area (Å²) in [6.07, 6.45) is 0. The number of hydrogen-bond donors (Lipinski definition) is 1. The number of aryl methyl sites for hydroxylation is 2. The molecule has 1 amide bonds. The maximum absolute atomic E-state index is 13.7. The van der Waals surface area contributed by atoms with Crippen LogP contribution in [0, 0.1) is 19.7 Å². The van der Waals surface area contributed by atoms with Crippen LogP contribution >= 0.6 is 11.6 Å². The van der Waals surface area contributed by atoms with Crippen molar-refractivity contribution in [2.24, 2.45) is 0 Å². The molecule has 9 heteroatoms. The van der Waals surface area contributed by atoms with Gasteiger partial charge in [0.2, 0.25) is 5.91 Å². The Labute approximate surface area is 140 Å². The van der Waals surface area contributed by atoms with E-state index in [-0.39, 0.29) is 22.8 Å². The number of anilines is 1. The van der Waals surface area contributed by atoms with Crippen LogP contribution in [0.2, 0.25) is 5.02 Å². The van der Waals surface area contributed by atoms with Crippen molar-refractivity contribution in [1.29, 1.82) is 0 Å².